The highest BCUT2D eigenvalue weighted by Gasteiger charge is 2.39. The smallest absolute Gasteiger partial charge is 0.159 e. The van der Waals surface area contributed by atoms with E-state index in [4.69, 9.17) is 8.83 Å². The number of benzene rings is 10. The summed E-state index contributed by atoms with van der Waals surface area (Å²) in [6.45, 7) is 4.87. The highest BCUT2D eigenvalue weighted by atomic mass is 16.3. The SMILES string of the molecule is CC1(C)c2c(ccc3cc(N(c4ccc(C5CCCCC5)cc4)c4cccc5c4oc4ccccc45)ccc23)-c2ccc3cc(N(c4ccc(C5CCCCC5)cc4)c4cccc5c4oc4ccccc45)ccc3c21. The van der Waals surface area contributed by atoms with Gasteiger partial charge in [0.2, 0.25) is 0 Å². The van der Waals surface area contributed by atoms with Crippen molar-refractivity contribution >= 4 is 99.5 Å². The summed E-state index contributed by atoms with van der Waals surface area (Å²) in [7, 11) is 0. The maximum atomic E-state index is 6.74. The molecule has 0 unspecified atom stereocenters. The van der Waals surface area contributed by atoms with Gasteiger partial charge < -0.3 is 18.6 Å². The van der Waals surface area contributed by atoms with Crippen LogP contribution in [0.4, 0.5) is 34.1 Å². The number of hydrogen-bond acceptors (Lipinski definition) is 4. The number of nitrogens with zero attached hydrogens (tertiary/aromatic N) is 2. The minimum Gasteiger partial charge on any atom is -0.454 e. The Labute approximate surface area is 438 Å². The number of furan rings is 2. The van der Waals surface area contributed by atoms with Crippen molar-refractivity contribution in [3.05, 3.63) is 216 Å². The third kappa shape index (κ3) is 7.16. The molecule has 3 aliphatic carbocycles. The molecule has 0 bridgehead atoms. The van der Waals surface area contributed by atoms with Crippen LogP contribution < -0.4 is 9.80 Å². The lowest BCUT2D eigenvalue weighted by Crippen LogP contribution is -2.16. The van der Waals surface area contributed by atoms with Crippen molar-refractivity contribution < 1.29 is 8.83 Å². The summed E-state index contributed by atoms with van der Waals surface area (Å²) < 4.78 is 13.5. The van der Waals surface area contributed by atoms with Crippen LogP contribution in [0.25, 0.3) is 76.5 Å². The Morgan fingerprint density at radius 3 is 1.20 bits per heavy atom. The fourth-order valence-electron chi connectivity index (χ4n) is 14.2. The molecule has 3 aliphatic rings. The summed E-state index contributed by atoms with van der Waals surface area (Å²) in [5, 5.41) is 9.57. The fraction of sp³-hybridized carbons (Fsp3) is 0.211. The van der Waals surface area contributed by atoms with E-state index in [0.717, 1.165) is 78.0 Å². The van der Waals surface area contributed by atoms with Gasteiger partial charge in [-0.2, -0.15) is 0 Å². The number of fused-ring (bicyclic) bond motifs is 13. The number of para-hydroxylation sites is 4. The average molecular weight is 973 g/mol. The molecule has 75 heavy (non-hydrogen) atoms. The van der Waals surface area contributed by atoms with Gasteiger partial charge in [-0.25, -0.2) is 0 Å². The second-order valence-electron chi connectivity index (χ2n) is 22.4. The first kappa shape index (κ1) is 44.4. The van der Waals surface area contributed by atoms with Crippen LogP contribution >= 0.6 is 0 Å². The van der Waals surface area contributed by atoms with Crippen LogP contribution in [0, 0.1) is 0 Å². The molecule has 0 saturated heterocycles. The lowest BCUT2D eigenvalue weighted by Gasteiger charge is -2.29. The van der Waals surface area contributed by atoms with Crippen molar-refractivity contribution in [3.8, 4) is 11.1 Å². The van der Waals surface area contributed by atoms with Gasteiger partial charge in [-0.3, -0.25) is 0 Å². The van der Waals surface area contributed by atoms with Crippen molar-refractivity contribution in [1.29, 1.82) is 0 Å². The first-order valence-electron chi connectivity index (χ1n) is 27.7. The molecule has 10 aromatic carbocycles. The summed E-state index contributed by atoms with van der Waals surface area (Å²) in [5.41, 5.74) is 18.2. The van der Waals surface area contributed by atoms with Crippen molar-refractivity contribution in [3.63, 3.8) is 0 Å². The van der Waals surface area contributed by atoms with Gasteiger partial charge in [0.1, 0.15) is 11.2 Å². The summed E-state index contributed by atoms with van der Waals surface area (Å²) in [5.74, 6) is 1.28. The van der Waals surface area contributed by atoms with Crippen LogP contribution in [0.1, 0.15) is 112 Å². The third-order valence-corrected chi connectivity index (χ3v) is 17.8. The molecule has 2 fully saturated rings. The van der Waals surface area contributed by atoms with E-state index in [1.165, 1.54) is 119 Å². The van der Waals surface area contributed by atoms with E-state index < -0.39 is 0 Å². The molecule has 0 aliphatic heterocycles. The van der Waals surface area contributed by atoms with Gasteiger partial charge in [-0.05, 0) is 165 Å². The van der Waals surface area contributed by atoms with Crippen LogP contribution in [0.15, 0.2) is 203 Å². The molecule has 2 heterocycles. The molecule has 12 aromatic rings. The minimum absolute atomic E-state index is 0.268. The van der Waals surface area contributed by atoms with E-state index >= 15 is 0 Å². The second kappa shape index (κ2) is 17.5. The molecular weight excluding hydrogens is 913 g/mol. The van der Waals surface area contributed by atoms with Gasteiger partial charge in [-0.1, -0.05) is 174 Å². The maximum Gasteiger partial charge on any atom is 0.159 e. The Bertz CT molecular complexity index is 3910. The monoisotopic (exact) mass is 972 g/mol. The molecule has 15 rings (SSSR count). The highest BCUT2D eigenvalue weighted by molar-refractivity contribution is 6.12. The lowest BCUT2D eigenvalue weighted by atomic mass is 9.78. The molecule has 4 heteroatoms. The standard InChI is InChI=1S/C71H60N2O2/c1-71(2)67-55-41-37-53(72(51-33-27-47(28-34-51)45-15-5-3-6-16-45)63-23-13-21-61-57-19-9-11-25-65(57)74-69(61)63)43-49(55)31-39-59(67)60-40-32-50-44-54(38-42-56(50)68(60)71)73(52-35-29-48(30-36-52)46-17-7-4-8-18-46)64-24-14-22-62-58-20-10-12-26-66(58)75-70(62)64/h9-14,19-46H,3-8,15-18H2,1-2H3. The topological polar surface area (TPSA) is 32.8 Å². The Hall–Kier alpha value is -8.08. The normalized spacial score (nSPS) is 15.9. The van der Waals surface area contributed by atoms with E-state index in [0.29, 0.717) is 11.8 Å². The lowest BCUT2D eigenvalue weighted by molar-refractivity contribution is 0.443. The predicted molar refractivity (Wildman–Crippen MR) is 315 cm³/mol. The fourth-order valence-corrected chi connectivity index (χ4v) is 14.2. The first-order valence-corrected chi connectivity index (χ1v) is 27.7. The predicted octanol–water partition coefficient (Wildman–Crippen LogP) is 21.1. The van der Waals surface area contributed by atoms with Crippen molar-refractivity contribution in [2.45, 2.75) is 95.3 Å². The van der Waals surface area contributed by atoms with Crippen LogP contribution in [0.3, 0.4) is 0 Å². The Kier molecular flexibility index (Phi) is 10.4. The van der Waals surface area contributed by atoms with E-state index in [9.17, 15) is 0 Å². The molecule has 0 atom stereocenters. The molecular formula is C71H60N2O2. The maximum absolute atomic E-state index is 6.74. The Balaban J connectivity index is 0.834. The van der Waals surface area contributed by atoms with Crippen molar-refractivity contribution in [2.24, 2.45) is 0 Å². The number of anilines is 6. The van der Waals surface area contributed by atoms with Gasteiger partial charge in [0.15, 0.2) is 11.2 Å². The van der Waals surface area contributed by atoms with Crippen LogP contribution in [-0.4, -0.2) is 0 Å². The zero-order valence-electron chi connectivity index (χ0n) is 42.9. The summed E-state index contributed by atoms with van der Waals surface area (Å²) in [6, 6.07) is 72.5. The van der Waals surface area contributed by atoms with Crippen LogP contribution in [0.2, 0.25) is 0 Å². The van der Waals surface area contributed by atoms with E-state index in [1.807, 2.05) is 0 Å². The zero-order chi connectivity index (χ0) is 49.8. The Morgan fingerprint density at radius 2 is 0.760 bits per heavy atom. The average Bonchev–Trinajstić information content (AvgIpc) is 4.14. The second-order valence-corrected chi connectivity index (χ2v) is 22.4. The molecule has 4 nitrogen and oxygen atoms in total. The molecule has 0 radical (unpaired) electrons. The molecule has 0 spiro atoms. The van der Waals surface area contributed by atoms with Crippen LogP contribution in [0.5, 0.6) is 0 Å². The summed E-state index contributed by atoms with van der Waals surface area (Å²) in [4.78, 5) is 4.83. The van der Waals surface area contributed by atoms with Crippen molar-refractivity contribution in [2.75, 3.05) is 9.80 Å². The zero-order valence-corrected chi connectivity index (χ0v) is 42.9. The van der Waals surface area contributed by atoms with Gasteiger partial charge in [-0.15, -0.1) is 0 Å². The van der Waals surface area contributed by atoms with Gasteiger partial charge in [0, 0.05) is 49.7 Å². The molecule has 0 amide bonds. The van der Waals surface area contributed by atoms with E-state index in [-0.39, 0.29) is 5.41 Å². The first-order chi connectivity index (χ1) is 36.9. The van der Waals surface area contributed by atoms with Crippen LogP contribution in [-0.2, 0) is 5.41 Å². The van der Waals surface area contributed by atoms with Crippen molar-refractivity contribution in [1.82, 2.24) is 0 Å². The quantitative estimate of drug-likeness (QED) is 0.152. The largest absolute Gasteiger partial charge is 0.454 e. The molecule has 2 aromatic heterocycles. The van der Waals surface area contributed by atoms with Gasteiger partial charge in [0.25, 0.3) is 0 Å². The minimum atomic E-state index is -0.268. The van der Waals surface area contributed by atoms with E-state index in [1.54, 1.807) is 0 Å². The summed E-state index contributed by atoms with van der Waals surface area (Å²) in [6.07, 6.45) is 13.1. The number of rotatable bonds is 8. The van der Waals surface area contributed by atoms with Gasteiger partial charge in [0.05, 0.1) is 11.4 Å². The van der Waals surface area contributed by atoms with Gasteiger partial charge >= 0.3 is 0 Å². The highest BCUT2D eigenvalue weighted by Crippen LogP contribution is 2.55. The molecule has 2 saturated carbocycles. The number of hydrogen-bond donors (Lipinski definition) is 0. The molecule has 366 valence electrons. The molecule has 0 N–H and O–H groups in total. The third-order valence-electron chi connectivity index (χ3n) is 17.8. The Morgan fingerprint density at radius 1 is 0.360 bits per heavy atom. The summed E-state index contributed by atoms with van der Waals surface area (Å²) >= 11 is 0. The van der Waals surface area contributed by atoms with E-state index in [2.05, 4.69) is 218 Å².